The second-order valence-electron chi connectivity index (χ2n) is 8.79. The predicted molar refractivity (Wildman–Crippen MR) is 133 cm³/mol. The van der Waals surface area contributed by atoms with Gasteiger partial charge in [-0.2, -0.15) is 5.10 Å². The molecule has 5 rings (SSSR count). The van der Waals surface area contributed by atoms with E-state index in [-0.39, 0.29) is 11.9 Å². The third kappa shape index (κ3) is 3.77. The number of nitrogens with one attached hydrogen (secondary N) is 1. The van der Waals surface area contributed by atoms with E-state index < -0.39 is 0 Å². The summed E-state index contributed by atoms with van der Waals surface area (Å²) in [4.78, 5) is 21.8. The highest BCUT2D eigenvalue weighted by molar-refractivity contribution is 5.95. The Morgan fingerprint density at radius 2 is 1.94 bits per heavy atom. The van der Waals surface area contributed by atoms with Gasteiger partial charge in [0.1, 0.15) is 11.5 Å². The van der Waals surface area contributed by atoms with Crippen molar-refractivity contribution < 1.29 is 4.79 Å². The van der Waals surface area contributed by atoms with Crippen LogP contribution in [0.4, 0.5) is 5.82 Å². The van der Waals surface area contributed by atoms with Crippen LogP contribution < -0.4 is 11.1 Å². The summed E-state index contributed by atoms with van der Waals surface area (Å²) in [5.41, 5.74) is 12.7. The molecule has 0 radical (unpaired) electrons. The van der Waals surface area contributed by atoms with Crippen LogP contribution in [0.3, 0.4) is 0 Å². The normalized spacial score (nSPS) is 12.4. The molecule has 0 saturated carbocycles. The molecule has 0 aliphatic heterocycles. The van der Waals surface area contributed by atoms with E-state index in [1.54, 1.807) is 23.3 Å². The Balaban J connectivity index is 1.33. The van der Waals surface area contributed by atoms with E-state index in [0.29, 0.717) is 17.9 Å². The molecule has 1 amide bonds. The molecule has 1 atom stereocenters. The molecule has 3 N–H and O–H groups in total. The first-order chi connectivity index (χ1) is 16.3. The number of nitrogens with two attached hydrogens (primary N) is 1. The van der Waals surface area contributed by atoms with Crippen molar-refractivity contribution in [1.82, 2.24) is 29.5 Å². The van der Waals surface area contributed by atoms with Gasteiger partial charge in [0, 0.05) is 36.7 Å². The van der Waals surface area contributed by atoms with Crippen molar-refractivity contribution in [3.05, 3.63) is 88.8 Å². The summed E-state index contributed by atoms with van der Waals surface area (Å²) in [5, 5.41) is 9.45. The van der Waals surface area contributed by atoms with Gasteiger partial charge in [-0.1, -0.05) is 6.07 Å². The van der Waals surface area contributed by atoms with E-state index >= 15 is 0 Å². The molecule has 4 aromatic heterocycles. The zero-order valence-corrected chi connectivity index (χ0v) is 19.7. The number of aryl methyl sites for hydroxylation is 3. The van der Waals surface area contributed by atoms with Gasteiger partial charge >= 0.3 is 0 Å². The van der Waals surface area contributed by atoms with Gasteiger partial charge in [0.25, 0.3) is 5.91 Å². The Hall–Kier alpha value is -4.20. The molecule has 8 nitrogen and oxygen atoms in total. The van der Waals surface area contributed by atoms with Crippen molar-refractivity contribution in [3.8, 4) is 0 Å². The number of nitrogens with zero attached hydrogens (tertiary/aromatic N) is 5. The van der Waals surface area contributed by atoms with Crippen LogP contribution >= 0.6 is 0 Å². The van der Waals surface area contributed by atoms with E-state index in [0.717, 1.165) is 38.8 Å². The molecule has 4 heterocycles. The average Bonchev–Trinajstić information content (AvgIpc) is 3.46. The lowest BCUT2D eigenvalue weighted by molar-refractivity contribution is 0.0950. The van der Waals surface area contributed by atoms with E-state index in [9.17, 15) is 4.79 Å². The zero-order chi connectivity index (χ0) is 24.0. The van der Waals surface area contributed by atoms with Gasteiger partial charge in [-0.15, -0.1) is 0 Å². The Morgan fingerprint density at radius 3 is 2.76 bits per heavy atom. The molecule has 1 aromatic carbocycles. The summed E-state index contributed by atoms with van der Waals surface area (Å²) in [7, 11) is 0. The highest BCUT2D eigenvalue weighted by Gasteiger charge is 2.17. The van der Waals surface area contributed by atoms with Crippen LogP contribution in [-0.4, -0.2) is 30.1 Å². The number of amides is 1. The number of benzene rings is 1. The van der Waals surface area contributed by atoms with Crippen LogP contribution in [0.5, 0.6) is 0 Å². The van der Waals surface area contributed by atoms with Crippen molar-refractivity contribution in [3.63, 3.8) is 0 Å². The van der Waals surface area contributed by atoms with E-state index in [2.05, 4.69) is 22.3 Å². The highest BCUT2D eigenvalue weighted by atomic mass is 16.1. The number of hydrogen-bond acceptors (Lipinski definition) is 5. The molecule has 8 heteroatoms. The number of aromatic nitrogens is 5. The zero-order valence-electron chi connectivity index (χ0n) is 19.7. The Bertz CT molecular complexity index is 1550. The number of fused-ring (bicyclic) bond motifs is 2. The van der Waals surface area contributed by atoms with E-state index in [4.69, 9.17) is 10.7 Å². The number of anilines is 1. The van der Waals surface area contributed by atoms with Crippen LogP contribution in [0.25, 0.3) is 16.4 Å². The van der Waals surface area contributed by atoms with Crippen molar-refractivity contribution in [2.45, 2.75) is 40.3 Å². The third-order valence-electron chi connectivity index (χ3n) is 6.45. The number of hydrogen-bond donors (Lipinski definition) is 2. The summed E-state index contributed by atoms with van der Waals surface area (Å²) in [5.74, 6) is 0.346. The summed E-state index contributed by atoms with van der Waals surface area (Å²) in [6.07, 6.45) is 9.12. The quantitative estimate of drug-likeness (QED) is 0.417. The summed E-state index contributed by atoms with van der Waals surface area (Å²) >= 11 is 0. The van der Waals surface area contributed by atoms with Crippen LogP contribution in [0.15, 0.2) is 55.2 Å². The molecule has 0 spiro atoms. The van der Waals surface area contributed by atoms with Crippen LogP contribution in [0.1, 0.15) is 51.3 Å². The maximum absolute atomic E-state index is 12.9. The minimum atomic E-state index is -0.169. The molecule has 0 fully saturated rings. The van der Waals surface area contributed by atoms with Gasteiger partial charge in [-0.25, -0.2) is 9.97 Å². The van der Waals surface area contributed by atoms with Gasteiger partial charge in [-0.3, -0.25) is 9.48 Å². The lowest BCUT2D eigenvalue weighted by Crippen LogP contribution is -2.23. The Labute approximate surface area is 197 Å². The molecular formula is C26H27N7O. The predicted octanol–water partition coefficient (Wildman–Crippen LogP) is 4.13. The topological polar surface area (TPSA) is 103 Å². The van der Waals surface area contributed by atoms with Gasteiger partial charge in [0.05, 0.1) is 23.5 Å². The summed E-state index contributed by atoms with van der Waals surface area (Å²) in [6, 6.07) is 7.92. The molecule has 34 heavy (non-hydrogen) atoms. The minimum Gasteiger partial charge on any atom is -0.383 e. The van der Waals surface area contributed by atoms with Crippen LogP contribution in [-0.2, 0) is 6.54 Å². The second-order valence-corrected chi connectivity index (χ2v) is 8.79. The lowest BCUT2D eigenvalue weighted by atomic mass is 9.96. The van der Waals surface area contributed by atoms with E-state index in [1.165, 1.54) is 5.56 Å². The highest BCUT2D eigenvalue weighted by Crippen LogP contribution is 2.28. The monoisotopic (exact) mass is 453 g/mol. The third-order valence-corrected chi connectivity index (χ3v) is 6.45. The molecule has 0 aliphatic carbocycles. The first-order valence-electron chi connectivity index (χ1n) is 11.2. The lowest BCUT2D eigenvalue weighted by Gasteiger charge is -2.14. The van der Waals surface area contributed by atoms with Gasteiger partial charge in [0.2, 0.25) is 0 Å². The number of imidazole rings is 1. The van der Waals surface area contributed by atoms with Crippen LogP contribution in [0.2, 0.25) is 0 Å². The largest absolute Gasteiger partial charge is 0.383 e. The Morgan fingerprint density at radius 1 is 1.12 bits per heavy atom. The van der Waals surface area contributed by atoms with Gasteiger partial charge in [0.15, 0.2) is 0 Å². The maximum atomic E-state index is 12.9. The second kappa shape index (κ2) is 8.30. The number of nitrogen functional groups attached to an aromatic ring is 1. The minimum absolute atomic E-state index is 0.106. The SMILES string of the molecule is Cc1ccc2nc([C@H](C)n3cc(C(=O)NCc4c(C)cc5c(N)nccc5c4C)cn3)cn2c1. The maximum Gasteiger partial charge on any atom is 0.254 e. The summed E-state index contributed by atoms with van der Waals surface area (Å²) in [6.45, 7) is 8.56. The van der Waals surface area contributed by atoms with Gasteiger partial charge in [-0.05, 0) is 73.5 Å². The number of pyridine rings is 2. The molecule has 172 valence electrons. The van der Waals surface area contributed by atoms with E-state index in [1.807, 2.05) is 61.8 Å². The molecule has 5 aromatic rings. The molecule has 0 unspecified atom stereocenters. The van der Waals surface area contributed by atoms with Crippen molar-refractivity contribution in [2.24, 2.45) is 0 Å². The molecule has 0 saturated heterocycles. The van der Waals surface area contributed by atoms with Crippen LogP contribution in [0, 0.1) is 20.8 Å². The smallest absolute Gasteiger partial charge is 0.254 e. The fraction of sp³-hybridized carbons (Fsp3) is 0.231. The first-order valence-corrected chi connectivity index (χ1v) is 11.2. The number of carbonyl (C=O) groups is 1. The number of rotatable bonds is 5. The molecular weight excluding hydrogens is 426 g/mol. The average molecular weight is 454 g/mol. The fourth-order valence-corrected chi connectivity index (χ4v) is 4.40. The Kier molecular flexibility index (Phi) is 5.28. The summed E-state index contributed by atoms with van der Waals surface area (Å²) < 4.78 is 3.78. The molecule has 0 bridgehead atoms. The molecule has 0 aliphatic rings. The van der Waals surface area contributed by atoms with Crippen molar-refractivity contribution in [1.29, 1.82) is 0 Å². The number of carbonyl (C=O) groups excluding carboxylic acids is 1. The first kappa shape index (κ1) is 21.6. The fourth-order valence-electron chi connectivity index (χ4n) is 4.40. The van der Waals surface area contributed by atoms with Gasteiger partial charge < -0.3 is 15.5 Å². The van der Waals surface area contributed by atoms with Crippen molar-refractivity contribution in [2.75, 3.05) is 5.73 Å². The standard InChI is InChI=1S/C26H27N7O/c1-15-5-6-24-31-23(14-32(24)12-15)18(4)33-13-19(10-30-33)26(34)29-11-22-16(2)9-21-20(17(22)3)7-8-28-25(21)27/h5-10,12-14,18H,11H2,1-4H3,(H2,27,28)(H,29,34)/t18-/m0/s1. The van der Waals surface area contributed by atoms with Crippen molar-refractivity contribution >= 4 is 28.1 Å².